The maximum absolute atomic E-state index is 11.9. The van der Waals surface area contributed by atoms with Crippen LogP contribution in [0.3, 0.4) is 0 Å². The van der Waals surface area contributed by atoms with E-state index in [9.17, 15) is 14.9 Å². The maximum atomic E-state index is 11.9. The van der Waals surface area contributed by atoms with Gasteiger partial charge in [-0.25, -0.2) is 4.98 Å². The van der Waals surface area contributed by atoms with E-state index in [1.807, 2.05) is 26.2 Å². The van der Waals surface area contributed by atoms with Crippen LogP contribution in [0.4, 0.5) is 11.1 Å². The summed E-state index contributed by atoms with van der Waals surface area (Å²) >= 11 is 4.34. The van der Waals surface area contributed by atoms with Crippen LogP contribution in [0.25, 0.3) is 0 Å². The van der Waals surface area contributed by atoms with E-state index in [4.69, 9.17) is 0 Å². The Kier molecular flexibility index (Phi) is 4.56. The third-order valence-corrected chi connectivity index (χ3v) is 3.94. The van der Waals surface area contributed by atoms with Gasteiger partial charge in [0.15, 0.2) is 5.13 Å². The molecule has 0 aliphatic heterocycles. The van der Waals surface area contributed by atoms with Crippen LogP contribution in [0.15, 0.2) is 10.1 Å². The molecule has 2 heterocycles. The number of nitro groups is 1. The number of rotatable bonds is 4. The van der Waals surface area contributed by atoms with Gasteiger partial charge < -0.3 is 15.4 Å². The second kappa shape index (κ2) is 6.08. The van der Waals surface area contributed by atoms with E-state index in [0.717, 1.165) is 10.4 Å². The molecule has 1 N–H and O–H groups in total. The molecule has 0 spiro atoms. The number of nitrogens with zero attached hydrogens (tertiary/aromatic N) is 5. The third-order valence-electron chi connectivity index (χ3n) is 2.59. The van der Waals surface area contributed by atoms with Crippen LogP contribution in [0, 0.1) is 10.1 Å². The Labute approximate surface area is 138 Å². The minimum atomic E-state index is -0.727. The quantitative estimate of drug-likeness (QED) is 0.634. The van der Waals surface area contributed by atoms with E-state index in [-0.39, 0.29) is 16.7 Å². The van der Waals surface area contributed by atoms with Crippen molar-refractivity contribution in [2.75, 3.05) is 5.32 Å². The third kappa shape index (κ3) is 3.85. The maximum Gasteiger partial charge on any atom is 0.492 e. The van der Waals surface area contributed by atoms with Crippen LogP contribution in [-0.4, -0.2) is 30.6 Å². The zero-order chi connectivity index (χ0) is 16.5. The Balaban J connectivity index is 2.04. The van der Waals surface area contributed by atoms with Gasteiger partial charge in [0, 0.05) is 31.8 Å². The summed E-state index contributed by atoms with van der Waals surface area (Å²) in [6, 6.07) is 0. The van der Waals surface area contributed by atoms with Crippen LogP contribution in [0.2, 0.25) is 0 Å². The summed E-state index contributed by atoms with van der Waals surface area (Å²) in [5.74, 6) is -0.959. The first-order chi connectivity index (χ1) is 10.2. The van der Waals surface area contributed by atoms with E-state index >= 15 is 0 Å². The molecule has 0 atom stereocenters. The smallest absolute Gasteiger partial charge is 0.390 e. The summed E-state index contributed by atoms with van der Waals surface area (Å²) in [5.41, 5.74) is 0.778. The Morgan fingerprint density at radius 3 is 2.68 bits per heavy atom. The molecule has 0 saturated carbocycles. The standard InChI is InChI=1S/C11H13BrN6O3S/c1-11(2,3)6-5-22-10(13-6)14-7(19)4-17-8(12)15-9(16-17)18(20)21/h5H,4H2,1-3H3,(H,13,14,19). The molecular weight excluding hydrogens is 376 g/mol. The number of carbonyl (C=O) groups excluding carboxylic acids is 1. The second-order valence-corrected chi connectivity index (χ2v) is 7.00. The molecule has 9 nitrogen and oxygen atoms in total. The number of anilines is 1. The molecule has 11 heteroatoms. The molecule has 0 saturated heterocycles. The number of nitrogens with one attached hydrogen (secondary N) is 1. The van der Waals surface area contributed by atoms with Crippen molar-refractivity contribution in [2.45, 2.75) is 32.7 Å². The molecule has 0 aromatic carbocycles. The molecule has 0 radical (unpaired) electrons. The fourth-order valence-electron chi connectivity index (χ4n) is 1.46. The number of aromatic nitrogens is 4. The first-order valence-corrected chi connectivity index (χ1v) is 7.84. The molecule has 0 bridgehead atoms. The van der Waals surface area contributed by atoms with Crippen molar-refractivity contribution in [1.82, 2.24) is 19.7 Å². The van der Waals surface area contributed by atoms with Crippen molar-refractivity contribution in [1.29, 1.82) is 0 Å². The van der Waals surface area contributed by atoms with E-state index in [2.05, 4.69) is 36.3 Å². The van der Waals surface area contributed by atoms with Crippen LogP contribution < -0.4 is 5.32 Å². The second-order valence-electron chi connectivity index (χ2n) is 5.43. The molecule has 0 aliphatic carbocycles. The number of hydrogen-bond acceptors (Lipinski definition) is 7. The van der Waals surface area contributed by atoms with Gasteiger partial charge in [0.1, 0.15) is 6.54 Å². The van der Waals surface area contributed by atoms with E-state index < -0.39 is 16.8 Å². The van der Waals surface area contributed by atoms with Gasteiger partial charge in [-0.3, -0.25) is 4.79 Å². The molecular formula is C11H13BrN6O3S. The summed E-state index contributed by atoms with van der Waals surface area (Å²) < 4.78 is 1.22. The summed E-state index contributed by atoms with van der Waals surface area (Å²) in [6.07, 6.45) is 0. The first kappa shape index (κ1) is 16.5. The van der Waals surface area contributed by atoms with Crippen molar-refractivity contribution in [3.05, 3.63) is 25.9 Å². The summed E-state index contributed by atoms with van der Waals surface area (Å²) in [7, 11) is 0. The molecule has 1 amide bonds. The summed E-state index contributed by atoms with van der Waals surface area (Å²) in [4.78, 5) is 29.7. The van der Waals surface area contributed by atoms with Gasteiger partial charge in [-0.2, -0.15) is 4.68 Å². The SMILES string of the molecule is CC(C)(C)c1csc(NC(=O)Cn2nc([N+](=O)[O-])nc2Br)n1. The van der Waals surface area contributed by atoms with E-state index in [1.54, 1.807) is 0 Å². The minimum absolute atomic E-state index is 0.102. The molecule has 2 rings (SSSR count). The molecule has 0 fully saturated rings. The monoisotopic (exact) mass is 388 g/mol. The van der Waals surface area contributed by atoms with Crippen molar-refractivity contribution in [2.24, 2.45) is 0 Å². The number of halogens is 1. The van der Waals surface area contributed by atoms with Crippen molar-refractivity contribution >= 4 is 44.3 Å². The van der Waals surface area contributed by atoms with Crippen LogP contribution in [0.5, 0.6) is 0 Å². The highest BCUT2D eigenvalue weighted by atomic mass is 79.9. The largest absolute Gasteiger partial charge is 0.492 e. The fourth-order valence-corrected chi connectivity index (χ4v) is 2.78. The lowest BCUT2D eigenvalue weighted by Crippen LogP contribution is -2.20. The average Bonchev–Trinajstić information content (AvgIpc) is 2.97. The minimum Gasteiger partial charge on any atom is -0.390 e. The van der Waals surface area contributed by atoms with Gasteiger partial charge in [-0.05, 0) is 9.91 Å². The predicted octanol–water partition coefficient (Wildman–Crippen LogP) is 2.34. The van der Waals surface area contributed by atoms with Crippen LogP contribution in [0.1, 0.15) is 26.5 Å². The van der Waals surface area contributed by atoms with Gasteiger partial charge in [0.2, 0.25) is 5.91 Å². The highest BCUT2D eigenvalue weighted by Crippen LogP contribution is 2.26. The zero-order valence-electron chi connectivity index (χ0n) is 12.0. The van der Waals surface area contributed by atoms with Crippen molar-refractivity contribution in [3.63, 3.8) is 0 Å². The summed E-state index contributed by atoms with van der Waals surface area (Å²) in [5, 5.41) is 19.2. The van der Waals surface area contributed by atoms with Crippen LogP contribution in [-0.2, 0) is 16.8 Å². The Morgan fingerprint density at radius 1 is 1.50 bits per heavy atom. The van der Waals surface area contributed by atoms with Crippen molar-refractivity contribution in [3.8, 4) is 0 Å². The Bertz CT molecular complexity index is 720. The molecule has 2 aromatic rings. The first-order valence-electron chi connectivity index (χ1n) is 6.17. The topological polar surface area (TPSA) is 116 Å². The Hall–Kier alpha value is -1.88. The number of amides is 1. The number of carbonyl (C=O) groups is 1. The Morgan fingerprint density at radius 2 is 2.18 bits per heavy atom. The van der Waals surface area contributed by atoms with Gasteiger partial charge in [-0.15, -0.1) is 11.3 Å². The lowest BCUT2D eigenvalue weighted by molar-refractivity contribution is -0.394. The van der Waals surface area contributed by atoms with Gasteiger partial charge in [0.25, 0.3) is 4.73 Å². The number of hydrogen-bond donors (Lipinski definition) is 1. The van der Waals surface area contributed by atoms with Gasteiger partial charge in [0.05, 0.1) is 5.69 Å². The van der Waals surface area contributed by atoms with Gasteiger partial charge in [-0.1, -0.05) is 20.8 Å². The lowest BCUT2D eigenvalue weighted by Gasteiger charge is -2.14. The highest BCUT2D eigenvalue weighted by molar-refractivity contribution is 9.10. The number of thiazole rings is 1. The summed E-state index contributed by atoms with van der Waals surface area (Å²) in [6.45, 7) is 5.88. The lowest BCUT2D eigenvalue weighted by atomic mass is 9.93. The van der Waals surface area contributed by atoms with Gasteiger partial charge >= 0.3 is 5.95 Å². The molecule has 118 valence electrons. The fraction of sp³-hybridized carbons (Fsp3) is 0.455. The molecule has 22 heavy (non-hydrogen) atoms. The molecule has 2 aromatic heterocycles. The zero-order valence-corrected chi connectivity index (χ0v) is 14.4. The normalized spacial score (nSPS) is 11.5. The van der Waals surface area contributed by atoms with Crippen molar-refractivity contribution < 1.29 is 9.72 Å². The van der Waals surface area contributed by atoms with Crippen LogP contribution >= 0.6 is 27.3 Å². The molecule has 0 unspecified atom stereocenters. The van der Waals surface area contributed by atoms with E-state index in [0.29, 0.717) is 5.13 Å². The molecule has 0 aliphatic rings. The average molecular weight is 389 g/mol. The van der Waals surface area contributed by atoms with E-state index in [1.165, 1.54) is 11.3 Å². The predicted molar refractivity (Wildman–Crippen MR) is 83.8 cm³/mol. The highest BCUT2D eigenvalue weighted by Gasteiger charge is 2.22.